The van der Waals surface area contributed by atoms with E-state index < -0.39 is 0 Å². The molecule has 20 heavy (non-hydrogen) atoms. The third-order valence-corrected chi connectivity index (χ3v) is 3.95. The largest absolute Gasteiger partial charge is 0.395 e. The summed E-state index contributed by atoms with van der Waals surface area (Å²) in [7, 11) is 0. The number of amides is 1. The van der Waals surface area contributed by atoms with Crippen molar-refractivity contribution in [3.05, 3.63) is 21.9 Å². The van der Waals surface area contributed by atoms with E-state index in [9.17, 15) is 9.90 Å². The first-order valence-corrected chi connectivity index (χ1v) is 7.27. The highest BCUT2D eigenvalue weighted by atomic mass is 32.1. The van der Waals surface area contributed by atoms with Crippen molar-refractivity contribution in [1.82, 2.24) is 4.90 Å². The summed E-state index contributed by atoms with van der Waals surface area (Å²) in [5.41, 5.74) is 0. The molecule has 1 saturated heterocycles. The van der Waals surface area contributed by atoms with E-state index >= 15 is 0 Å². The van der Waals surface area contributed by atoms with Gasteiger partial charge >= 0.3 is 0 Å². The molecule has 0 aliphatic carbocycles. The van der Waals surface area contributed by atoms with Crippen molar-refractivity contribution in [3.8, 4) is 11.8 Å². The summed E-state index contributed by atoms with van der Waals surface area (Å²) in [6.07, 6.45) is 0.428. The highest BCUT2D eigenvalue weighted by Gasteiger charge is 2.28. The molecule has 1 aromatic heterocycles. The van der Waals surface area contributed by atoms with Crippen molar-refractivity contribution >= 4 is 17.2 Å². The predicted octanol–water partition coefficient (Wildman–Crippen LogP) is 0.315. The Hall–Kier alpha value is -1.39. The first kappa shape index (κ1) is 15.0. The molecule has 1 fully saturated rings. The molecule has 108 valence electrons. The second kappa shape index (κ2) is 7.41. The number of rotatable bonds is 3. The monoisotopic (exact) mass is 295 g/mol. The van der Waals surface area contributed by atoms with E-state index in [0.717, 1.165) is 4.88 Å². The summed E-state index contributed by atoms with van der Waals surface area (Å²) in [5, 5.41) is 18.0. The Balaban J connectivity index is 2.07. The maximum atomic E-state index is 12.4. The predicted molar refractivity (Wildman–Crippen MR) is 75.6 cm³/mol. The molecule has 2 rings (SSSR count). The van der Waals surface area contributed by atoms with Crippen LogP contribution in [0.2, 0.25) is 0 Å². The summed E-state index contributed by atoms with van der Waals surface area (Å²) in [6, 6.07) is 3.28. The van der Waals surface area contributed by atoms with Crippen LogP contribution in [0, 0.1) is 11.8 Å². The number of ether oxygens (including phenoxy) is 1. The number of carbonyl (C=O) groups is 1. The fourth-order valence-corrected chi connectivity index (χ4v) is 2.78. The number of aliphatic hydroxyl groups excluding tert-OH is 2. The maximum absolute atomic E-state index is 12.4. The lowest BCUT2D eigenvalue weighted by molar-refractivity contribution is -0.0181. The molecule has 6 heteroatoms. The van der Waals surface area contributed by atoms with Gasteiger partial charge in [-0.15, -0.1) is 11.3 Å². The van der Waals surface area contributed by atoms with Crippen LogP contribution in [-0.4, -0.2) is 60.0 Å². The second-order valence-electron chi connectivity index (χ2n) is 4.35. The molecule has 0 radical (unpaired) electrons. The molecular weight excluding hydrogens is 278 g/mol. The molecule has 1 aromatic rings. The Morgan fingerprint density at radius 1 is 1.50 bits per heavy atom. The summed E-state index contributed by atoms with van der Waals surface area (Å²) in [6.45, 7) is 1.30. The Labute approximate surface area is 121 Å². The van der Waals surface area contributed by atoms with Gasteiger partial charge in [0.25, 0.3) is 5.91 Å². The number of aliphatic hydroxyl groups is 2. The second-order valence-corrected chi connectivity index (χ2v) is 5.43. The van der Waals surface area contributed by atoms with Gasteiger partial charge in [-0.05, 0) is 12.1 Å². The number of thiophene rings is 1. The lowest BCUT2D eigenvalue weighted by atomic mass is 10.2. The average molecular weight is 295 g/mol. The minimum atomic E-state index is -0.276. The fourth-order valence-electron chi connectivity index (χ4n) is 1.94. The molecule has 2 N–H and O–H groups in total. The number of hydrogen-bond donors (Lipinski definition) is 2. The Kier molecular flexibility index (Phi) is 5.56. The third-order valence-electron chi connectivity index (χ3n) is 2.96. The van der Waals surface area contributed by atoms with Gasteiger partial charge in [0.15, 0.2) is 0 Å². The molecule has 1 aliphatic heterocycles. The summed E-state index contributed by atoms with van der Waals surface area (Å²) in [5.74, 6) is 5.65. The quantitative estimate of drug-likeness (QED) is 0.788. The average Bonchev–Trinajstić information content (AvgIpc) is 2.95. The van der Waals surface area contributed by atoms with Crippen LogP contribution in [-0.2, 0) is 4.74 Å². The van der Waals surface area contributed by atoms with Crippen molar-refractivity contribution in [3.63, 3.8) is 0 Å². The fraction of sp³-hybridized carbons (Fsp3) is 0.500. The van der Waals surface area contributed by atoms with Crippen LogP contribution < -0.4 is 0 Å². The highest BCUT2D eigenvalue weighted by Crippen LogP contribution is 2.20. The summed E-state index contributed by atoms with van der Waals surface area (Å²) >= 11 is 1.33. The van der Waals surface area contributed by atoms with E-state index in [1.165, 1.54) is 11.3 Å². The molecule has 1 unspecified atom stereocenters. The number of morpholine rings is 1. The standard InChI is InChI=1S/C14H17NO4S/c16-7-2-1-3-12-4-5-13(20-12)14(18)15-6-8-19-10-11(15)9-17/h4-5,11,16-17H,2,6-10H2. The van der Waals surface area contributed by atoms with Gasteiger partial charge in [-0.1, -0.05) is 11.8 Å². The number of carbonyl (C=O) groups excluding carboxylic acids is 1. The van der Waals surface area contributed by atoms with Gasteiger partial charge in [0, 0.05) is 13.0 Å². The van der Waals surface area contributed by atoms with Crippen molar-refractivity contribution < 1.29 is 19.7 Å². The lowest BCUT2D eigenvalue weighted by Crippen LogP contribution is -2.50. The van der Waals surface area contributed by atoms with E-state index in [2.05, 4.69) is 11.8 Å². The molecule has 0 aromatic carbocycles. The van der Waals surface area contributed by atoms with E-state index in [0.29, 0.717) is 31.1 Å². The first-order chi connectivity index (χ1) is 9.76. The van der Waals surface area contributed by atoms with E-state index in [-0.39, 0.29) is 25.2 Å². The summed E-state index contributed by atoms with van der Waals surface area (Å²) < 4.78 is 5.26. The van der Waals surface area contributed by atoms with Crippen molar-refractivity contribution in [2.45, 2.75) is 12.5 Å². The normalized spacial score (nSPS) is 18.5. The van der Waals surface area contributed by atoms with E-state index in [4.69, 9.17) is 9.84 Å². The number of nitrogens with zero attached hydrogens (tertiary/aromatic N) is 1. The van der Waals surface area contributed by atoms with Crippen LogP contribution >= 0.6 is 11.3 Å². The van der Waals surface area contributed by atoms with Gasteiger partial charge in [-0.25, -0.2) is 0 Å². The molecule has 1 atom stereocenters. The number of hydrogen-bond acceptors (Lipinski definition) is 5. The smallest absolute Gasteiger partial charge is 0.264 e. The minimum Gasteiger partial charge on any atom is -0.395 e. The Morgan fingerprint density at radius 3 is 3.10 bits per heavy atom. The van der Waals surface area contributed by atoms with Crippen molar-refractivity contribution in [2.75, 3.05) is 33.0 Å². The zero-order valence-corrected chi connectivity index (χ0v) is 11.9. The zero-order chi connectivity index (χ0) is 14.4. The van der Waals surface area contributed by atoms with Gasteiger partial charge in [0.05, 0.1) is 42.2 Å². The SMILES string of the molecule is O=C(c1ccc(C#CCCO)s1)N1CCOCC1CO. The van der Waals surface area contributed by atoms with Gasteiger partial charge in [-0.3, -0.25) is 4.79 Å². The van der Waals surface area contributed by atoms with Gasteiger partial charge in [-0.2, -0.15) is 0 Å². The molecule has 0 saturated carbocycles. The summed E-state index contributed by atoms with van der Waals surface area (Å²) in [4.78, 5) is 15.5. The van der Waals surface area contributed by atoms with Crippen LogP contribution in [0.25, 0.3) is 0 Å². The molecule has 0 spiro atoms. The third kappa shape index (κ3) is 3.58. The van der Waals surface area contributed by atoms with Crippen LogP contribution in [0.4, 0.5) is 0 Å². The molecule has 5 nitrogen and oxygen atoms in total. The highest BCUT2D eigenvalue weighted by molar-refractivity contribution is 7.14. The van der Waals surface area contributed by atoms with Crippen LogP contribution in [0.15, 0.2) is 12.1 Å². The lowest BCUT2D eigenvalue weighted by Gasteiger charge is -2.34. The zero-order valence-electron chi connectivity index (χ0n) is 11.0. The van der Waals surface area contributed by atoms with Gasteiger partial charge in [0.2, 0.25) is 0 Å². The minimum absolute atomic E-state index is 0.0378. The van der Waals surface area contributed by atoms with E-state index in [1.54, 1.807) is 17.0 Å². The molecular formula is C14H17NO4S. The van der Waals surface area contributed by atoms with Crippen LogP contribution in [0.1, 0.15) is 21.0 Å². The molecule has 2 heterocycles. The van der Waals surface area contributed by atoms with Crippen LogP contribution in [0.3, 0.4) is 0 Å². The Bertz CT molecular complexity index is 517. The maximum Gasteiger partial charge on any atom is 0.264 e. The topological polar surface area (TPSA) is 70.0 Å². The van der Waals surface area contributed by atoms with Crippen molar-refractivity contribution in [1.29, 1.82) is 0 Å². The van der Waals surface area contributed by atoms with Crippen LogP contribution in [0.5, 0.6) is 0 Å². The first-order valence-electron chi connectivity index (χ1n) is 6.45. The van der Waals surface area contributed by atoms with Crippen molar-refractivity contribution in [2.24, 2.45) is 0 Å². The van der Waals surface area contributed by atoms with E-state index in [1.807, 2.05) is 0 Å². The van der Waals surface area contributed by atoms with Gasteiger partial charge in [0.1, 0.15) is 0 Å². The van der Waals surface area contributed by atoms with Gasteiger partial charge < -0.3 is 19.8 Å². The molecule has 0 bridgehead atoms. The molecule has 1 amide bonds. The molecule has 1 aliphatic rings. The Morgan fingerprint density at radius 2 is 2.35 bits per heavy atom.